The van der Waals surface area contributed by atoms with E-state index in [0.29, 0.717) is 6.04 Å². The van der Waals surface area contributed by atoms with E-state index in [1.165, 1.54) is 24.1 Å². The van der Waals surface area contributed by atoms with Crippen molar-refractivity contribution in [2.75, 3.05) is 19.6 Å². The quantitative estimate of drug-likeness (QED) is 0.819. The van der Waals surface area contributed by atoms with Gasteiger partial charge in [-0.1, -0.05) is 50.3 Å². The zero-order chi connectivity index (χ0) is 14.7. The van der Waals surface area contributed by atoms with Crippen molar-refractivity contribution in [3.05, 3.63) is 72.1 Å². The molecule has 21 heavy (non-hydrogen) atoms. The molecule has 0 aromatic heterocycles. The van der Waals surface area contributed by atoms with Gasteiger partial charge in [0.1, 0.15) is 0 Å². The minimum Gasteiger partial charge on any atom is -0.349 e. The van der Waals surface area contributed by atoms with Crippen molar-refractivity contribution in [1.29, 1.82) is 0 Å². The van der Waals surface area contributed by atoms with Crippen molar-refractivity contribution in [1.82, 2.24) is 9.80 Å². The first-order valence-corrected chi connectivity index (χ1v) is 7.91. The lowest BCUT2D eigenvalue weighted by Gasteiger charge is -2.41. The van der Waals surface area contributed by atoms with E-state index >= 15 is 0 Å². The number of fused-ring (bicyclic) bond motifs is 1. The van der Waals surface area contributed by atoms with Crippen LogP contribution in [0.25, 0.3) is 0 Å². The smallest absolute Gasteiger partial charge is 0.0394 e. The molecule has 0 amide bonds. The number of benzene rings is 1. The van der Waals surface area contributed by atoms with Gasteiger partial charge >= 0.3 is 0 Å². The summed E-state index contributed by atoms with van der Waals surface area (Å²) in [7, 11) is 0. The predicted octanol–water partition coefficient (Wildman–Crippen LogP) is 4.11. The second-order valence-electron chi connectivity index (χ2n) is 5.91. The fourth-order valence-electron chi connectivity index (χ4n) is 3.28. The van der Waals surface area contributed by atoms with E-state index in [-0.39, 0.29) is 0 Å². The van der Waals surface area contributed by atoms with Crippen LogP contribution in [-0.2, 0) is 0 Å². The lowest BCUT2D eigenvalue weighted by molar-refractivity contribution is 0.145. The standard InChI is InChI=1S/C19H24N2/c1-3-7-19(17-8-5-4-6-9-17)21-13-12-20-11-10-16(2)14-18(20)15-21/h4-6,8-11,14,19H,2-3,7,12-13,15H2,1H3. The zero-order valence-corrected chi connectivity index (χ0v) is 12.8. The van der Waals surface area contributed by atoms with Crippen LogP contribution < -0.4 is 0 Å². The monoisotopic (exact) mass is 280 g/mol. The molecule has 2 aliphatic rings. The average Bonchev–Trinajstić information content (AvgIpc) is 2.52. The Bertz CT molecular complexity index is 556. The molecule has 1 unspecified atom stereocenters. The summed E-state index contributed by atoms with van der Waals surface area (Å²) < 4.78 is 0. The summed E-state index contributed by atoms with van der Waals surface area (Å²) in [5, 5.41) is 0. The van der Waals surface area contributed by atoms with Crippen molar-refractivity contribution >= 4 is 0 Å². The number of hydrogen-bond acceptors (Lipinski definition) is 2. The Hall–Kier alpha value is -1.80. The molecule has 3 rings (SSSR count). The number of hydrogen-bond donors (Lipinski definition) is 0. The van der Waals surface area contributed by atoms with Gasteiger partial charge in [0, 0.05) is 37.6 Å². The van der Waals surface area contributed by atoms with E-state index in [1.54, 1.807) is 0 Å². The van der Waals surface area contributed by atoms with Crippen molar-refractivity contribution in [3.63, 3.8) is 0 Å². The molecule has 110 valence electrons. The molecule has 1 aromatic rings. The fraction of sp³-hybridized carbons (Fsp3) is 0.368. The number of allylic oxidation sites excluding steroid dienone is 3. The van der Waals surface area contributed by atoms with Crippen LogP contribution in [-0.4, -0.2) is 29.4 Å². The van der Waals surface area contributed by atoms with Crippen LogP contribution in [0.2, 0.25) is 0 Å². The number of nitrogens with zero attached hydrogens (tertiary/aromatic N) is 2. The van der Waals surface area contributed by atoms with Gasteiger partial charge in [-0.25, -0.2) is 0 Å². The average molecular weight is 280 g/mol. The Morgan fingerprint density at radius 1 is 1.19 bits per heavy atom. The molecule has 2 heteroatoms. The third kappa shape index (κ3) is 3.11. The molecule has 2 heterocycles. The first-order chi connectivity index (χ1) is 10.3. The third-order valence-electron chi connectivity index (χ3n) is 4.37. The van der Waals surface area contributed by atoms with Crippen molar-refractivity contribution in [2.45, 2.75) is 25.8 Å². The maximum Gasteiger partial charge on any atom is 0.0394 e. The summed E-state index contributed by atoms with van der Waals surface area (Å²) in [6, 6.07) is 11.5. The van der Waals surface area contributed by atoms with Crippen LogP contribution in [0.15, 0.2) is 66.5 Å². The summed E-state index contributed by atoms with van der Waals surface area (Å²) in [6.07, 6.45) is 8.92. The van der Waals surface area contributed by atoms with Crippen molar-refractivity contribution in [2.24, 2.45) is 0 Å². The van der Waals surface area contributed by atoms with Gasteiger partial charge in [-0.15, -0.1) is 0 Å². The van der Waals surface area contributed by atoms with E-state index < -0.39 is 0 Å². The molecule has 2 aliphatic heterocycles. The lowest BCUT2D eigenvalue weighted by Crippen LogP contribution is -2.44. The summed E-state index contributed by atoms with van der Waals surface area (Å²) in [5.41, 5.74) is 3.93. The van der Waals surface area contributed by atoms with Gasteiger partial charge in [-0.3, -0.25) is 4.90 Å². The van der Waals surface area contributed by atoms with E-state index in [1.807, 2.05) is 0 Å². The Morgan fingerprint density at radius 2 is 2.00 bits per heavy atom. The number of rotatable bonds is 4. The van der Waals surface area contributed by atoms with E-state index in [2.05, 4.69) is 72.0 Å². The summed E-state index contributed by atoms with van der Waals surface area (Å²) in [5.74, 6) is 0. The normalized spacial score (nSPS) is 20.1. The Balaban J connectivity index is 1.80. The second-order valence-corrected chi connectivity index (χ2v) is 5.91. The molecule has 0 aliphatic carbocycles. The Kier molecular flexibility index (Phi) is 4.26. The SMILES string of the molecule is C=C1C=CN2CCN(C(CCC)c3ccccc3)CC2=C1. The van der Waals surface area contributed by atoms with Gasteiger partial charge < -0.3 is 4.90 Å². The van der Waals surface area contributed by atoms with Crippen LogP contribution in [0.1, 0.15) is 31.4 Å². The molecule has 0 bridgehead atoms. The minimum atomic E-state index is 0.526. The lowest BCUT2D eigenvalue weighted by atomic mass is 9.99. The molecular weight excluding hydrogens is 256 g/mol. The second kappa shape index (κ2) is 6.31. The van der Waals surface area contributed by atoms with Crippen LogP contribution >= 0.6 is 0 Å². The molecular formula is C19H24N2. The highest BCUT2D eigenvalue weighted by molar-refractivity contribution is 5.36. The van der Waals surface area contributed by atoms with Gasteiger partial charge in [0.25, 0.3) is 0 Å². The van der Waals surface area contributed by atoms with Gasteiger partial charge in [0.05, 0.1) is 0 Å². The van der Waals surface area contributed by atoms with Crippen LogP contribution in [0, 0.1) is 0 Å². The fourth-order valence-corrected chi connectivity index (χ4v) is 3.28. The summed E-state index contributed by atoms with van der Waals surface area (Å²) in [6.45, 7) is 9.54. The van der Waals surface area contributed by atoms with Crippen molar-refractivity contribution < 1.29 is 0 Å². The largest absolute Gasteiger partial charge is 0.349 e. The van der Waals surface area contributed by atoms with Crippen molar-refractivity contribution in [3.8, 4) is 0 Å². The molecule has 1 fully saturated rings. The maximum absolute atomic E-state index is 4.06. The summed E-state index contributed by atoms with van der Waals surface area (Å²) >= 11 is 0. The molecule has 1 aromatic carbocycles. The highest BCUT2D eigenvalue weighted by Gasteiger charge is 2.27. The third-order valence-corrected chi connectivity index (χ3v) is 4.37. The topological polar surface area (TPSA) is 6.48 Å². The summed E-state index contributed by atoms with van der Waals surface area (Å²) in [4.78, 5) is 4.98. The van der Waals surface area contributed by atoms with Gasteiger partial charge in [0.15, 0.2) is 0 Å². The van der Waals surface area contributed by atoms with Gasteiger partial charge in [-0.2, -0.15) is 0 Å². The Labute approximate surface area is 128 Å². The Morgan fingerprint density at radius 3 is 2.76 bits per heavy atom. The molecule has 0 radical (unpaired) electrons. The molecule has 1 saturated heterocycles. The van der Waals surface area contributed by atoms with E-state index in [4.69, 9.17) is 0 Å². The number of piperazine rings is 1. The van der Waals surface area contributed by atoms with Crippen LogP contribution in [0.4, 0.5) is 0 Å². The minimum absolute atomic E-state index is 0.526. The molecule has 0 spiro atoms. The van der Waals surface area contributed by atoms with E-state index in [0.717, 1.165) is 25.2 Å². The molecule has 0 N–H and O–H groups in total. The highest BCUT2D eigenvalue weighted by atomic mass is 15.3. The maximum atomic E-state index is 4.06. The van der Waals surface area contributed by atoms with Gasteiger partial charge in [0.2, 0.25) is 0 Å². The first-order valence-electron chi connectivity index (χ1n) is 7.91. The van der Waals surface area contributed by atoms with Gasteiger partial charge in [-0.05, 0) is 29.7 Å². The predicted molar refractivity (Wildman–Crippen MR) is 88.7 cm³/mol. The van der Waals surface area contributed by atoms with E-state index in [9.17, 15) is 0 Å². The molecule has 0 saturated carbocycles. The molecule has 2 nitrogen and oxygen atoms in total. The zero-order valence-electron chi connectivity index (χ0n) is 12.8. The first kappa shape index (κ1) is 14.2. The highest BCUT2D eigenvalue weighted by Crippen LogP contribution is 2.30. The van der Waals surface area contributed by atoms with Crippen LogP contribution in [0.3, 0.4) is 0 Å². The molecule has 1 atom stereocenters. The van der Waals surface area contributed by atoms with Crippen LogP contribution in [0.5, 0.6) is 0 Å².